The van der Waals surface area contributed by atoms with Crippen molar-refractivity contribution < 1.29 is 23.9 Å². The van der Waals surface area contributed by atoms with Gasteiger partial charge in [-0.25, -0.2) is 15.0 Å². The number of alkyl carbamates (subject to hydrolysis) is 1. The summed E-state index contributed by atoms with van der Waals surface area (Å²) >= 11 is 0. The van der Waals surface area contributed by atoms with Crippen LogP contribution in [0.25, 0.3) is 0 Å². The summed E-state index contributed by atoms with van der Waals surface area (Å²) in [6.07, 6.45) is -0.856. The van der Waals surface area contributed by atoms with Crippen molar-refractivity contribution in [2.45, 2.75) is 59.3 Å². The Morgan fingerprint density at radius 1 is 1.04 bits per heavy atom. The second-order valence-electron chi connectivity index (χ2n) is 7.19. The van der Waals surface area contributed by atoms with Gasteiger partial charge in [0, 0.05) is 0 Å². The summed E-state index contributed by atoms with van der Waals surface area (Å²) in [6.45, 7) is 8.93. The standard InChI is InChI=1S/C19H29N3O5/c1-6-13(2)15(16(23)21-22-18(25)27-19(3,4)5)20-17(24)26-12-14-10-8-7-9-11-14/h7-11,13,15H,6,12H2,1-5H3,(H,20,24)(H,21,23)(H,22,25). The first-order valence-corrected chi connectivity index (χ1v) is 8.88. The van der Waals surface area contributed by atoms with Gasteiger partial charge in [0.1, 0.15) is 18.2 Å². The highest BCUT2D eigenvalue weighted by Crippen LogP contribution is 2.09. The summed E-state index contributed by atoms with van der Waals surface area (Å²) in [5.41, 5.74) is 4.59. The van der Waals surface area contributed by atoms with E-state index >= 15 is 0 Å². The highest BCUT2D eigenvalue weighted by molar-refractivity contribution is 5.87. The van der Waals surface area contributed by atoms with E-state index in [4.69, 9.17) is 9.47 Å². The van der Waals surface area contributed by atoms with Crippen molar-refractivity contribution in [3.63, 3.8) is 0 Å². The number of rotatable bonds is 6. The predicted molar refractivity (Wildman–Crippen MR) is 101 cm³/mol. The average Bonchev–Trinajstić information content (AvgIpc) is 2.61. The minimum absolute atomic E-state index is 0.0949. The molecule has 1 aromatic rings. The fraction of sp³-hybridized carbons (Fsp3) is 0.526. The van der Waals surface area contributed by atoms with E-state index in [0.29, 0.717) is 6.42 Å². The smallest absolute Gasteiger partial charge is 0.426 e. The summed E-state index contributed by atoms with van der Waals surface area (Å²) in [6, 6.07) is 8.34. The number of carbonyl (C=O) groups is 3. The molecule has 0 spiro atoms. The van der Waals surface area contributed by atoms with E-state index in [9.17, 15) is 14.4 Å². The van der Waals surface area contributed by atoms with Crippen molar-refractivity contribution in [3.8, 4) is 0 Å². The Labute approximate surface area is 160 Å². The third-order valence-corrected chi connectivity index (χ3v) is 3.67. The molecule has 27 heavy (non-hydrogen) atoms. The van der Waals surface area contributed by atoms with Crippen molar-refractivity contribution in [3.05, 3.63) is 35.9 Å². The molecule has 2 unspecified atom stereocenters. The lowest BCUT2D eigenvalue weighted by molar-refractivity contribution is -0.125. The monoisotopic (exact) mass is 379 g/mol. The molecule has 0 aliphatic rings. The highest BCUT2D eigenvalue weighted by atomic mass is 16.6. The molecule has 0 aliphatic carbocycles. The van der Waals surface area contributed by atoms with Crippen LogP contribution < -0.4 is 16.2 Å². The van der Waals surface area contributed by atoms with Gasteiger partial charge >= 0.3 is 12.2 Å². The number of nitrogens with one attached hydrogen (secondary N) is 3. The Kier molecular flexibility index (Phi) is 8.58. The number of hydrogen-bond donors (Lipinski definition) is 3. The molecule has 3 N–H and O–H groups in total. The molecule has 8 heteroatoms. The molecule has 2 atom stereocenters. The number of hydrazine groups is 1. The Morgan fingerprint density at radius 2 is 1.67 bits per heavy atom. The molecule has 0 saturated carbocycles. The van der Waals surface area contributed by atoms with E-state index in [2.05, 4.69) is 16.2 Å². The molecular formula is C19H29N3O5. The molecule has 3 amide bonds. The highest BCUT2D eigenvalue weighted by Gasteiger charge is 2.27. The van der Waals surface area contributed by atoms with Crippen molar-refractivity contribution in [2.24, 2.45) is 5.92 Å². The third-order valence-electron chi connectivity index (χ3n) is 3.67. The second kappa shape index (κ2) is 10.4. The van der Waals surface area contributed by atoms with Gasteiger partial charge < -0.3 is 14.8 Å². The van der Waals surface area contributed by atoms with E-state index in [0.717, 1.165) is 5.56 Å². The molecule has 0 heterocycles. The van der Waals surface area contributed by atoms with Crippen LogP contribution in [0, 0.1) is 5.92 Å². The van der Waals surface area contributed by atoms with Gasteiger partial charge in [0.15, 0.2) is 0 Å². The van der Waals surface area contributed by atoms with Gasteiger partial charge in [0.2, 0.25) is 0 Å². The molecule has 0 fully saturated rings. The van der Waals surface area contributed by atoms with E-state index in [1.807, 2.05) is 44.2 Å². The van der Waals surface area contributed by atoms with Gasteiger partial charge in [-0.1, -0.05) is 50.6 Å². The number of ether oxygens (including phenoxy) is 2. The van der Waals surface area contributed by atoms with Crippen LogP contribution in [0.5, 0.6) is 0 Å². The molecule has 8 nitrogen and oxygen atoms in total. The van der Waals surface area contributed by atoms with Crippen LogP contribution in [0.2, 0.25) is 0 Å². The van der Waals surface area contributed by atoms with Crippen LogP contribution >= 0.6 is 0 Å². The fourth-order valence-corrected chi connectivity index (χ4v) is 2.09. The maximum atomic E-state index is 12.4. The number of hydrogen-bond acceptors (Lipinski definition) is 5. The summed E-state index contributed by atoms with van der Waals surface area (Å²) < 4.78 is 10.2. The van der Waals surface area contributed by atoms with Gasteiger partial charge in [-0.05, 0) is 32.3 Å². The lowest BCUT2D eigenvalue weighted by atomic mass is 9.99. The van der Waals surface area contributed by atoms with E-state index < -0.39 is 29.7 Å². The van der Waals surface area contributed by atoms with E-state index in [1.165, 1.54) is 0 Å². The molecule has 0 aromatic heterocycles. The minimum Gasteiger partial charge on any atom is -0.445 e. The molecule has 0 radical (unpaired) electrons. The van der Waals surface area contributed by atoms with Gasteiger partial charge in [0.25, 0.3) is 5.91 Å². The lowest BCUT2D eigenvalue weighted by Crippen LogP contribution is -2.55. The van der Waals surface area contributed by atoms with Gasteiger partial charge in [-0.3, -0.25) is 10.2 Å². The predicted octanol–water partition coefficient (Wildman–Crippen LogP) is 2.88. The maximum Gasteiger partial charge on any atom is 0.426 e. The third kappa shape index (κ3) is 8.94. The summed E-state index contributed by atoms with van der Waals surface area (Å²) in [7, 11) is 0. The number of amides is 3. The first kappa shape index (κ1) is 22.3. The van der Waals surface area contributed by atoms with Crippen molar-refractivity contribution in [1.29, 1.82) is 0 Å². The quantitative estimate of drug-likeness (QED) is 0.659. The van der Waals surface area contributed by atoms with Gasteiger partial charge in [-0.15, -0.1) is 0 Å². The van der Waals surface area contributed by atoms with E-state index in [-0.39, 0.29) is 12.5 Å². The molecule has 1 aromatic carbocycles. The van der Waals surface area contributed by atoms with Crippen LogP contribution in [0.3, 0.4) is 0 Å². The van der Waals surface area contributed by atoms with Gasteiger partial charge in [-0.2, -0.15) is 0 Å². The molecule has 1 rings (SSSR count). The fourth-order valence-electron chi connectivity index (χ4n) is 2.09. The SMILES string of the molecule is CCC(C)C(NC(=O)OCc1ccccc1)C(=O)NNC(=O)OC(C)(C)C. The van der Waals surface area contributed by atoms with Crippen LogP contribution in [-0.4, -0.2) is 29.7 Å². The van der Waals surface area contributed by atoms with Crippen LogP contribution in [0.15, 0.2) is 30.3 Å². The van der Waals surface area contributed by atoms with Crippen LogP contribution in [0.1, 0.15) is 46.6 Å². The minimum atomic E-state index is -0.867. The Bertz CT molecular complexity index is 628. The van der Waals surface area contributed by atoms with Gasteiger partial charge in [0.05, 0.1) is 0 Å². The summed E-state index contributed by atoms with van der Waals surface area (Å²) in [5.74, 6) is -0.735. The average molecular weight is 379 g/mol. The Hall–Kier alpha value is -2.77. The second-order valence-corrected chi connectivity index (χ2v) is 7.19. The van der Waals surface area contributed by atoms with Crippen molar-refractivity contribution in [1.82, 2.24) is 16.2 Å². The first-order chi connectivity index (χ1) is 12.6. The zero-order valence-electron chi connectivity index (χ0n) is 16.5. The summed E-state index contributed by atoms with van der Waals surface area (Å²) in [5, 5.41) is 2.54. The zero-order valence-corrected chi connectivity index (χ0v) is 16.5. The maximum absolute atomic E-state index is 12.4. The topological polar surface area (TPSA) is 106 Å². The zero-order chi connectivity index (χ0) is 20.4. The lowest BCUT2D eigenvalue weighted by Gasteiger charge is -2.24. The number of benzene rings is 1. The Balaban J connectivity index is 2.57. The molecular weight excluding hydrogens is 350 g/mol. The first-order valence-electron chi connectivity index (χ1n) is 8.88. The molecule has 0 saturated heterocycles. The largest absolute Gasteiger partial charge is 0.445 e. The van der Waals surface area contributed by atoms with Crippen LogP contribution in [0.4, 0.5) is 9.59 Å². The normalized spacial score (nSPS) is 13.1. The summed E-state index contributed by atoms with van der Waals surface area (Å²) in [4.78, 5) is 36.1. The number of carbonyl (C=O) groups excluding carboxylic acids is 3. The molecule has 0 bridgehead atoms. The molecule has 0 aliphatic heterocycles. The van der Waals surface area contributed by atoms with Crippen molar-refractivity contribution in [2.75, 3.05) is 0 Å². The van der Waals surface area contributed by atoms with Crippen LogP contribution in [-0.2, 0) is 20.9 Å². The van der Waals surface area contributed by atoms with E-state index in [1.54, 1.807) is 20.8 Å². The van der Waals surface area contributed by atoms with Crippen molar-refractivity contribution >= 4 is 18.1 Å². The molecule has 150 valence electrons. The Morgan fingerprint density at radius 3 is 2.22 bits per heavy atom.